The van der Waals surface area contributed by atoms with E-state index in [0.717, 1.165) is 22.3 Å². The van der Waals surface area contributed by atoms with Crippen LogP contribution in [-0.2, 0) is 15.2 Å². The van der Waals surface area contributed by atoms with Crippen LogP contribution >= 0.6 is 11.6 Å². The van der Waals surface area contributed by atoms with Crippen LogP contribution in [0.2, 0.25) is 5.02 Å². The van der Waals surface area contributed by atoms with Crippen LogP contribution in [-0.4, -0.2) is 42.1 Å². The summed E-state index contributed by atoms with van der Waals surface area (Å²) in [4.78, 5) is 47.8. The Morgan fingerprint density at radius 3 is 2.28 bits per heavy atom. The molecule has 7 rings (SSSR count). The third kappa shape index (κ3) is 5.76. The minimum absolute atomic E-state index is 0.0801. The molecule has 2 heterocycles. The number of carbonyl (C=O) groups is 3. The third-order valence-corrected chi connectivity index (χ3v) is 10.9. The summed E-state index contributed by atoms with van der Waals surface area (Å²) in [6.07, 6.45) is -1.43. The van der Waals surface area contributed by atoms with Gasteiger partial charge in [0.1, 0.15) is 17.5 Å². The van der Waals surface area contributed by atoms with Crippen molar-refractivity contribution in [2.24, 2.45) is 5.41 Å². The highest BCUT2D eigenvalue weighted by Crippen LogP contribution is 2.59. The van der Waals surface area contributed by atoms with Crippen LogP contribution in [0.1, 0.15) is 51.1 Å². The molecule has 0 aromatic heterocycles. The Labute approximate surface area is 313 Å². The quantitative estimate of drug-likeness (QED) is 0.152. The number of ketones is 1. The Hall–Kier alpha value is -5.48. The number of nitrogens with zero attached hydrogens (tertiary/aromatic N) is 1. The highest BCUT2D eigenvalue weighted by molar-refractivity contribution is 6.30. The van der Waals surface area contributed by atoms with Gasteiger partial charge in [-0.3, -0.25) is 24.6 Å². The first-order valence-electron chi connectivity index (χ1n) is 17.4. The normalized spacial score (nSPS) is 22.7. The summed E-state index contributed by atoms with van der Waals surface area (Å²) in [5.41, 5.74) is -0.685. The maximum atomic E-state index is 15.8. The first-order chi connectivity index (χ1) is 25.4. The summed E-state index contributed by atoms with van der Waals surface area (Å²) in [6.45, 7) is 7.54. The molecule has 0 aliphatic carbocycles. The Balaban J connectivity index is 1.56. The number of amides is 2. The highest BCUT2D eigenvalue weighted by atomic mass is 35.5. The lowest BCUT2D eigenvalue weighted by atomic mass is 9.60. The van der Waals surface area contributed by atoms with Crippen molar-refractivity contribution >= 4 is 40.6 Å². The average Bonchev–Trinajstić information content (AvgIpc) is 3.37. The molecule has 0 unspecified atom stereocenters. The van der Waals surface area contributed by atoms with Gasteiger partial charge in [-0.2, -0.15) is 0 Å². The number of halogens is 1. The van der Waals surface area contributed by atoms with Crippen molar-refractivity contribution in [3.05, 3.63) is 154 Å². The number of Topliss-reactive ketones (excluding diaryl/α,β-unsaturated/α-hetero) is 1. The summed E-state index contributed by atoms with van der Waals surface area (Å²) in [6, 6.07) is 30.7. The van der Waals surface area contributed by atoms with E-state index >= 15 is 14.4 Å². The number of carbonyl (C=O) groups excluding carboxylic acids is 3. The Bertz CT molecular complexity index is 2210. The molecule has 2 aliphatic heterocycles. The summed E-state index contributed by atoms with van der Waals surface area (Å²) in [5.74, 6) is -1.50. The minimum Gasteiger partial charge on any atom is -0.497 e. The fraction of sp³-hybridized carbons (Fsp3) is 0.233. The Kier molecular flexibility index (Phi) is 9.36. The molecule has 10 heteroatoms. The van der Waals surface area contributed by atoms with Crippen molar-refractivity contribution in [3.8, 4) is 11.5 Å². The second-order valence-electron chi connectivity index (χ2n) is 13.7. The lowest BCUT2D eigenvalue weighted by Crippen LogP contribution is -2.70. The molecule has 1 saturated heterocycles. The fourth-order valence-electron chi connectivity index (χ4n) is 7.68. The zero-order chi connectivity index (χ0) is 37.7. The average molecular weight is 730 g/mol. The van der Waals surface area contributed by atoms with E-state index in [2.05, 4.69) is 10.6 Å². The zero-order valence-corrected chi connectivity index (χ0v) is 30.8. The SMILES string of the molecule is COc1ccc([C@@]2(O)C(=O)N(c3ccc(Cl)cc3)[C@H](C(=O)Nc3cccc(C)c3C)[C@@]23C(=O)c2cc(C)ccc2O[C@@H]3N[C@@H](C)c2ccccc2)cc1. The van der Waals surface area contributed by atoms with Crippen molar-refractivity contribution in [2.75, 3.05) is 17.3 Å². The molecule has 270 valence electrons. The largest absolute Gasteiger partial charge is 0.497 e. The van der Waals surface area contributed by atoms with Gasteiger partial charge < -0.3 is 19.9 Å². The maximum Gasteiger partial charge on any atom is 0.265 e. The molecule has 1 spiro atoms. The summed E-state index contributed by atoms with van der Waals surface area (Å²) >= 11 is 6.32. The van der Waals surface area contributed by atoms with Crippen molar-refractivity contribution in [1.82, 2.24) is 5.32 Å². The van der Waals surface area contributed by atoms with E-state index in [1.54, 1.807) is 66.7 Å². The standard InChI is InChI=1S/C43H40ClN3O6/c1-25-14-23-36-34(24-25)38(48)42(40(53-36)45-28(4)29-11-7-6-8-12-29)37(39(49)46-35-13-9-10-26(2)27(35)3)47(32-19-17-31(44)18-20-32)41(50)43(42,51)30-15-21-33(52-5)22-16-30/h6-24,28,37,40,45,51H,1-5H3,(H,46,49)/t28-,37+,40-,42-,43+/m0/s1. The van der Waals surface area contributed by atoms with E-state index in [-0.39, 0.29) is 22.6 Å². The molecule has 5 aromatic rings. The van der Waals surface area contributed by atoms with Gasteiger partial charge in [0.15, 0.2) is 23.0 Å². The third-order valence-electron chi connectivity index (χ3n) is 10.7. The van der Waals surface area contributed by atoms with Gasteiger partial charge in [-0.1, -0.05) is 77.8 Å². The molecule has 5 aromatic carbocycles. The number of methoxy groups -OCH3 is 1. The smallest absolute Gasteiger partial charge is 0.265 e. The van der Waals surface area contributed by atoms with Gasteiger partial charge in [0.2, 0.25) is 5.91 Å². The molecule has 2 amide bonds. The van der Waals surface area contributed by atoms with Crippen LogP contribution in [0.5, 0.6) is 11.5 Å². The zero-order valence-electron chi connectivity index (χ0n) is 30.0. The van der Waals surface area contributed by atoms with Crippen LogP contribution in [0.4, 0.5) is 11.4 Å². The topological polar surface area (TPSA) is 117 Å². The van der Waals surface area contributed by atoms with Gasteiger partial charge in [0.25, 0.3) is 5.91 Å². The highest BCUT2D eigenvalue weighted by Gasteiger charge is 2.80. The number of nitrogens with one attached hydrogen (secondary N) is 2. The van der Waals surface area contributed by atoms with Crippen LogP contribution in [0.25, 0.3) is 0 Å². The second-order valence-corrected chi connectivity index (χ2v) is 14.2. The van der Waals surface area contributed by atoms with Gasteiger partial charge >= 0.3 is 0 Å². The molecule has 5 atom stereocenters. The fourth-order valence-corrected chi connectivity index (χ4v) is 7.81. The number of anilines is 2. The van der Waals surface area contributed by atoms with E-state index < -0.39 is 46.9 Å². The first-order valence-corrected chi connectivity index (χ1v) is 17.8. The van der Waals surface area contributed by atoms with Crippen molar-refractivity contribution in [1.29, 1.82) is 0 Å². The van der Waals surface area contributed by atoms with Gasteiger partial charge in [-0.25, -0.2) is 0 Å². The number of hydrogen-bond donors (Lipinski definition) is 3. The number of benzene rings is 5. The molecule has 1 fully saturated rings. The molecule has 9 nitrogen and oxygen atoms in total. The number of aryl methyl sites for hydroxylation is 2. The molecule has 0 radical (unpaired) electrons. The predicted octanol–water partition coefficient (Wildman–Crippen LogP) is 7.45. The van der Waals surface area contributed by atoms with Gasteiger partial charge in [-0.15, -0.1) is 0 Å². The number of fused-ring (bicyclic) bond motifs is 1. The molecular weight excluding hydrogens is 690 g/mol. The molecule has 53 heavy (non-hydrogen) atoms. The van der Waals surface area contributed by atoms with Gasteiger partial charge in [0, 0.05) is 22.4 Å². The monoisotopic (exact) mass is 729 g/mol. The Morgan fingerprint density at radius 1 is 0.906 bits per heavy atom. The number of aliphatic hydroxyl groups is 1. The number of hydrogen-bond acceptors (Lipinski definition) is 7. The summed E-state index contributed by atoms with van der Waals surface area (Å²) < 4.78 is 12.2. The predicted molar refractivity (Wildman–Crippen MR) is 205 cm³/mol. The van der Waals surface area contributed by atoms with Gasteiger partial charge in [0.05, 0.1) is 12.7 Å². The second kappa shape index (κ2) is 13.8. The van der Waals surface area contributed by atoms with E-state index in [9.17, 15) is 5.11 Å². The van der Waals surface area contributed by atoms with Crippen molar-refractivity contribution in [3.63, 3.8) is 0 Å². The Morgan fingerprint density at radius 2 is 1.60 bits per heavy atom. The van der Waals surface area contributed by atoms with Crippen molar-refractivity contribution in [2.45, 2.75) is 51.6 Å². The molecule has 0 saturated carbocycles. The molecule has 0 bridgehead atoms. The van der Waals surface area contributed by atoms with E-state index in [1.807, 2.05) is 76.2 Å². The molecule has 3 N–H and O–H groups in total. The lowest BCUT2D eigenvalue weighted by Gasteiger charge is -2.49. The maximum absolute atomic E-state index is 15.8. The first kappa shape index (κ1) is 35.9. The summed E-state index contributed by atoms with van der Waals surface area (Å²) in [7, 11) is 1.50. The molecule has 2 aliphatic rings. The lowest BCUT2D eigenvalue weighted by molar-refractivity contribution is -0.156. The van der Waals surface area contributed by atoms with Crippen LogP contribution in [0, 0.1) is 26.2 Å². The molecular formula is C43H40ClN3O6. The number of ether oxygens (including phenoxy) is 2. The number of rotatable bonds is 8. The van der Waals surface area contributed by atoms with Crippen LogP contribution in [0.15, 0.2) is 115 Å². The van der Waals surface area contributed by atoms with E-state index in [1.165, 1.54) is 12.0 Å². The van der Waals surface area contributed by atoms with E-state index in [0.29, 0.717) is 16.5 Å². The van der Waals surface area contributed by atoms with Gasteiger partial charge in [-0.05, 0) is 105 Å². The van der Waals surface area contributed by atoms with E-state index in [4.69, 9.17) is 21.1 Å². The van der Waals surface area contributed by atoms with Crippen molar-refractivity contribution < 1.29 is 29.0 Å². The van der Waals surface area contributed by atoms with Crippen LogP contribution < -0.4 is 25.0 Å². The minimum atomic E-state index is -2.67. The van der Waals surface area contributed by atoms with Crippen LogP contribution in [0.3, 0.4) is 0 Å². The summed E-state index contributed by atoms with van der Waals surface area (Å²) in [5, 5.41) is 20.5.